The van der Waals surface area contributed by atoms with Crippen molar-refractivity contribution in [1.82, 2.24) is 15.4 Å². The number of nitrogens with two attached hydrogens (primary N) is 2. The number of benzene rings is 4. The third-order valence-electron chi connectivity index (χ3n) is 8.06. The van der Waals surface area contributed by atoms with E-state index >= 15 is 0 Å². The fraction of sp³-hybridized carbons (Fsp3) is 0.237. The number of carbonyl (C=O) groups is 3. The SMILES string of the molecule is C=C(N)c1ccc(CNC(=O)[C@H](Cc2cccc(CN)c2)NC(=O)[C@@H](CCCc2ccccc2)NS(=O)(=O)Cc2cccc(C(=O)O)c2)cc1. The first-order valence-corrected chi connectivity index (χ1v) is 17.8. The summed E-state index contributed by atoms with van der Waals surface area (Å²) >= 11 is 0. The second-order valence-electron chi connectivity index (χ2n) is 12.0. The van der Waals surface area contributed by atoms with Gasteiger partial charge >= 0.3 is 5.97 Å². The van der Waals surface area contributed by atoms with Crippen LogP contribution in [0.1, 0.15) is 56.6 Å². The minimum Gasteiger partial charge on any atom is -0.478 e. The van der Waals surface area contributed by atoms with Crippen molar-refractivity contribution >= 4 is 33.5 Å². The topological polar surface area (TPSA) is 194 Å². The maximum absolute atomic E-state index is 13.9. The average Bonchev–Trinajstić information content (AvgIpc) is 3.10. The number of aryl methyl sites for hydroxylation is 1. The molecule has 0 fully saturated rings. The molecule has 50 heavy (non-hydrogen) atoms. The summed E-state index contributed by atoms with van der Waals surface area (Å²) in [6.45, 7) is 4.20. The Labute approximate surface area is 292 Å². The van der Waals surface area contributed by atoms with Crippen LogP contribution < -0.4 is 26.8 Å². The first-order chi connectivity index (χ1) is 23.9. The zero-order valence-electron chi connectivity index (χ0n) is 27.7. The second kappa shape index (κ2) is 17.9. The van der Waals surface area contributed by atoms with Crippen molar-refractivity contribution in [3.63, 3.8) is 0 Å². The van der Waals surface area contributed by atoms with Gasteiger partial charge in [-0.05, 0) is 64.8 Å². The zero-order valence-corrected chi connectivity index (χ0v) is 28.5. The van der Waals surface area contributed by atoms with E-state index in [9.17, 15) is 27.9 Å². The van der Waals surface area contributed by atoms with Gasteiger partial charge in [-0.3, -0.25) is 9.59 Å². The van der Waals surface area contributed by atoms with Crippen LogP contribution in [0.3, 0.4) is 0 Å². The molecule has 11 nitrogen and oxygen atoms in total. The maximum Gasteiger partial charge on any atom is 0.335 e. The molecule has 0 unspecified atom stereocenters. The fourth-order valence-corrected chi connectivity index (χ4v) is 6.78. The number of rotatable bonds is 18. The molecule has 12 heteroatoms. The summed E-state index contributed by atoms with van der Waals surface area (Å²) < 4.78 is 29.3. The quantitative estimate of drug-likeness (QED) is 0.0907. The van der Waals surface area contributed by atoms with Crippen LogP contribution in [0.2, 0.25) is 0 Å². The number of nitrogens with one attached hydrogen (secondary N) is 3. The highest BCUT2D eigenvalue weighted by Gasteiger charge is 2.29. The van der Waals surface area contributed by atoms with Gasteiger partial charge in [0.2, 0.25) is 21.8 Å². The summed E-state index contributed by atoms with van der Waals surface area (Å²) in [5.41, 5.74) is 16.4. The smallest absolute Gasteiger partial charge is 0.335 e. The van der Waals surface area contributed by atoms with Crippen molar-refractivity contribution in [2.75, 3.05) is 0 Å². The highest BCUT2D eigenvalue weighted by atomic mass is 32.2. The molecule has 0 saturated carbocycles. The number of amides is 2. The highest BCUT2D eigenvalue weighted by molar-refractivity contribution is 7.88. The highest BCUT2D eigenvalue weighted by Crippen LogP contribution is 2.14. The Kier molecular flexibility index (Phi) is 13.4. The first kappa shape index (κ1) is 37.5. The monoisotopic (exact) mass is 697 g/mol. The van der Waals surface area contributed by atoms with Crippen LogP contribution >= 0.6 is 0 Å². The lowest BCUT2D eigenvalue weighted by Gasteiger charge is -2.24. The van der Waals surface area contributed by atoms with Gasteiger partial charge in [0.15, 0.2) is 0 Å². The van der Waals surface area contributed by atoms with Gasteiger partial charge in [-0.2, -0.15) is 0 Å². The van der Waals surface area contributed by atoms with Crippen molar-refractivity contribution in [1.29, 1.82) is 0 Å². The van der Waals surface area contributed by atoms with Crippen LogP contribution in [-0.4, -0.2) is 43.4 Å². The lowest BCUT2D eigenvalue weighted by atomic mass is 10.0. The molecule has 0 aromatic heterocycles. The number of carboxylic acid groups (broad SMARTS) is 1. The Hall–Kier alpha value is -5.30. The largest absolute Gasteiger partial charge is 0.478 e. The van der Waals surface area contributed by atoms with Crippen molar-refractivity contribution in [2.24, 2.45) is 11.5 Å². The number of aromatic carboxylic acids is 1. The standard InChI is InChI=1S/C38H43N5O6S/c1-26(40)32-18-16-28(17-19-32)24-41-36(44)35(22-29-11-5-12-30(20-29)23-39)42-37(45)34(15-7-10-27-8-3-2-4-9-27)43-50(48,49)25-31-13-6-14-33(21-31)38(46)47/h2-6,8-9,11-14,16-21,34-35,43H,1,7,10,15,22-25,39-40H2,(H,41,44)(H,42,45)(H,46,47)/t34-,35+/m1/s1. The molecule has 0 bridgehead atoms. The van der Waals surface area contributed by atoms with Gasteiger partial charge in [0.05, 0.1) is 11.3 Å². The van der Waals surface area contributed by atoms with Gasteiger partial charge in [-0.25, -0.2) is 17.9 Å². The zero-order chi connectivity index (χ0) is 36.1. The summed E-state index contributed by atoms with van der Waals surface area (Å²) in [7, 11) is -4.13. The molecular formula is C38H43N5O6S. The Balaban J connectivity index is 1.55. The van der Waals surface area contributed by atoms with Gasteiger partial charge < -0.3 is 27.2 Å². The summed E-state index contributed by atoms with van der Waals surface area (Å²) in [6, 6.07) is 27.5. The van der Waals surface area contributed by atoms with Crippen LogP contribution in [0.5, 0.6) is 0 Å². The molecule has 0 aliphatic rings. The average molecular weight is 698 g/mol. The van der Waals surface area contributed by atoms with E-state index in [0.29, 0.717) is 25.1 Å². The van der Waals surface area contributed by atoms with Gasteiger partial charge in [0, 0.05) is 25.2 Å². The number of hydrogen-bond donors (Lipinski definition) is 6. The third kappa shape index (κ3) is 11.7. The molecule has 4 aromatic rings. The van der Waals surface area contributed by atoms with Crippen molar-refractivity contribution in [2.45, 2.75) is 56.6 Å². The summed E-state index contributed by atoms with van der Waals surface area (Å²) in [6.07, 6.45) is 1.34. The van der Waals surface area contributed by atoms with Crippen molar-refractivity contribution in [3.8, 4) is 0 Å². The van der Waals surface area contributed by atoms with E-state index < -0.39 is 45.6 Å². The maximum atomic E-state index is 13.9. The molecule has 4 aromatic carbocycles. The van der Waals surface area contributed by atoms with Crippen LogP contribution in [-0.2, 0) is 51.3 Å². The molecule has 2 amide bonds. The van der Waals surface area contributed by atoms with Gasteiger partial charge in [0.1, 0.15) is 12.1 Å². The summed E-state index contributed by atoms with van der Waals surface area (Å²) in [5.74, 6) is -2.85. The number of carboxylic acids is 1. The normalized spacial score (nSPS) is 12.4. The van der Waals surface area contributed by atoms with E-state index in [2.05, 4.69) is 21.9 Å². The van der Waals surface area contributed by atoms with E-state index in [-0.39, 0.29) is 30.5 Å². The molecule has 0 radical (unpaired) electrons. The van der Waals surface area contributed by atoms with Crippen molar-refractivity contribution < 1.29 is 27.9 Å². The predicted molar refractivity (Wildman–Crippen MR) is 194 cm³/mol. The molecular weight excluding hydrogens is 655 g/mol. The van der Waals surface area contributed by atoms with E-state index in [1.807, 2.05) is 66.7 Å². The lowest BCUT2D eigenvalue weighted by Crippen LogP contribution is -2.54. The summed E-state index contributed by atoms with van der Waals surface area (Å²) in [4.78, 5) is 39.0. The van der Waals surface area contributed by atoms with Gasteiger partial charge in [-0.1, -0.05) is 97.6 Å². The number of sulfonamides is 1. The molecule has 0 heterocycles. The van der Waals surface area contributed by atoms with Crippen LogP contribution in [0.4, 0.5) is 0 Å². The lowest BCUT2D eigenvalue weighted by molar-refractivity contribution is -0.130. The van der Waals surface area contributed by atoms with Crippen LogP contribution in [0.25, 0.3) is 5.70 Å². The molecule has 4 rings (SSSR count). The van der Waals surface area contributed by atoms with Crippen molar-refractivity contribution in [3.05, 3.63) is 149 Å². The number of hydrogen-bond acceptors (Lipinski definition) is 7. The molecule has 0 aliphatic carbocycles. The fourth-order valence-electron chi connectivity index (χ4n) is 5.42. The number of carbonyl (C=O) groups excluding carboxylic acids is 2. The second-order valence-corrected chi connectivity index (χ2v) is 13.8. The van der Waals surface area contributed by atoms with E-state index in [1.54, 1.807) is 12.1 Å². The molecule has 2 atom stereocenters. The van der Waals surface area contributed by atoms with Gasteiger partial charge in [-0.15, -0.1) is 0 Å². The van der Waals surface area contributed by atoms with E-state index in [1.165, 1.54) is 24.3 Å². The Bertz CT molecular complexity index is 1900. The predicted octanol–water partition coefficient (Wildman–Crippen LogP) is 3.63. The minimum absolute atomic E-state index is 0.0526. The molecule has 0 aliphatic heterocycles. The first-order valence-electron chi connectivity index (χ1n) is 16.2. The Morgan fingerprint density at radius 2 is 1.40 bits per heavy atom. The molecule has 8 N–H and O–H groups in total. The van der Waals surface area contributed by atoms with Gasteiger partial charge in [0.25, 0.3) is 0 Å². The minimum atomic E-state index is -4.13. The van der Waals surface area contributed by atoms with E-state index in [0.717, 1.165) is 27.8 Å². The molecule has 0 saturated heterocycles. The Morgan fingerprint density at radius 1 is 0.740 bits per heavy atom. The molecule has 262 valence electrons. The van der Waals surface area contributed by atoms with Crippen LogP contribution in [0, 0.1) is 0 Å². The van der Waals surface area contributed by atoms with Crippen LogP contribution in [0.15, 0.2) is 110 Å². The van der Waals surface area contributed by atoms with E-state index in [4.69, 9.17) is 11.5 Å². The summed E-state index contributed by atoms with van der Waals surface area (Å²) in [5, 5.41) is 15.0. The third-order valence-corrected chi connectivity index (χ3v) is 9.42. The molecule has 0 spiro atoms. The Morgan fingerprint density at radius 3 is 2.08 bits per heavy atom.